The summed E-state index contributed by atoms with van der Waals surface area (Å²) < 4.78 is 76.1. The van der Waals surface area contributed by atoms with Crippen LogP contribution in [0.3, 0.4) is 0 Å². The van der Waals surface area contributed by atoms with E-state index < -0.39 is 62.3 Å². The zero-order valence-corrected chi connectivity index (χ0v) is 93.1. The van der Waals surface area contributed by atoms with Crippen molar-refractivity contribution in [2.24, 2.45) is 56.2 Å². The van der Waals surface area contributed by atoms with E-state index >= 15 is 0 Å². The summed E-state index contributed by atoms with van der Waals surface area (Å²) >= 11 is 0. The highest BCUT2D eigenvalue weighted by molar-refractivity contribution is 5.99. The van der Waals surface area contributed by atoms with Crippen molar-refractivity contribution >= 4 is 53.7 Å². The minimum Gasteiger partial charge on any atom is -0.468 e. The molecule has 4 aliphatic rings. The van der Waals surface area contributed by atoms with E-state index in [0.29, 0.717) is 51.1 Å². The van der Waals surface area contributed by atoms with E-state index in [0.717, 1.165) is 97.6 Å². The highest BCUT2D eigenvalue weighted by Crippen LogP contribution is 2.43. The molecular formula is C121H181NO23. The van der Waals surface area contributed by atoms with E-state index in [-0.39, 0.29) is 104 Å². The molecule has 145 heavy (non-hydrogen) atoms. The zero-order chi connectivity index (χ0) is 108. The maximum Gasteiger partial charge on any atom is 0.326 e. The molecule has 1 aliphatic heterocycles. The van der Waals surface area contributed by atoms with Crippen LogP contribution < -0.4 is 0 Å². The first-order valence-corrected chi connectivity index (χ1v) is 53.3. The van der Waals surface area contributed by atoms with Crippen molar-refractivity contribution in [3.8, 4) is 6.07 Å². The van der Waals surface area contributed by atoms with Gasteiger partial charge in [0.2, 0.25) is 0 Å². The highest BCUT2D eigenvalue weighted by atomic mass is 16.8. The monoisotopic (exact) mass is 2020 g/mol. The molecule has 1 spiro atoms. The molecule has 0 radical (unpaired) electrons. The number of rotatable bonds is 41. The Labute approximate surface area is 870 Å². The van der Waals surface area contributed by atoms with Crippen molar-refractivity contribution in [3.63, 3.8) is 0 Å². The maximum atomic E-state index is 12.5. The fourth-order valence-electron chi connectivity index (χ4n) is 15.0. The van der Waals surface area contributed by atoms with E-state index in [1.807, 2.05) is 302 Å². The van der Waals surface area contributed by atoms with E-state index in [4.69, 9.17) is 66.8 Å². The summed E-state index contributed by atoms with van der Waals surface area (Å²) in [5.41, 5.74) is 2.23. The van der Waals surface area contributed by atoms with Crippen molar-refractivity contribution in [2.75, 3.05) is 46.8 Å². The third-order valence-electron chi connectivity index (χ3n) is 28.2. The minimum atomic E-state index is -1.25. The van der Waals surface area contributed by atoms with Gasteiger partial charge in [-0.2, -0.15) is 5.26 Å². The topological polar surface area (TPSA) is 307 Å². The first-order chi connectivity index (χ1) is 68.8. The molecular weight excluding hydrogens is 1840 g/mol. The number of nitrogens with zero attached hydrogens (tertiary/aromatic N) is 1. The van der Waals surface area contributed by atoms with Gasteiger partial charge in [0.15, 0.2) is 29.2 Å². The molecule has 0 aromatic heterocycles. The Morgan fingerprint density at radius 3 is 1.03 bits per heavy atom. The molecule has 0 N–H and O–H groups in total. The Morgan fingerprint density at radius 2 is 0.683 bits per heavy atom. The lowest BCUT2D eigenvalue weighted by molar-refractivity contribution is -0.226. The Balaban J connectivity index is 0.000000427. The Kier molecular flexibility index (Phi) is 60.2. The summed E-state index contributed by atoms with van der Waals surface area (Å²) in [7, 11) is 1.27. The fraction of sp³-hybridized carbons (Fsp3) is 0.620. The minimum absolute atomic E-state index is 0.00944. The molecule has 0 bridgehead atoms. The smallest absolute Gasteiger partial charge is 0.326 e. The summed E-state index contributed by atoms with van der Waals surface area (Å²) in [6.07, 6.45) is 21.6. The lowest BCUT2D eigenvalue weighted by atomic mass is 9.82. The molecule has 12 atom stereocenters. The van der Waals surface area contributed by atoms with Crippen LogP contribution in [-0.4, -0.2) is 119 Å². The van der Waals surface area contributed by atoms with Crippen LogP contribution in [0, 0.1) is 67.5 Å². The summed E-state index contributed by atoms with van der Waals surface area (Å²) in [6.45, 7) is 51.3. The summed E-state index contributed by atoms with van der Waals surface area (Å²) in [4.78, 5) is 107. The molecule has 10 rings (SSSR count). The van der Waals surface area contributed by atoms with Gasteiger partial charge in [0.25, 0.3) is 0 Å². The van der Waals surface area contributed by atoms with Crippen LogP contribution in [-0.2, 0) is 109 Å². The number of nitriles is 1. The third kappa shape index (κ3) is 46.0. The van der Waals surface area contributed by atoms with Gasteiger partial charge >= 0.3 is 53.7 Å². The van der Waals surface area contributed by atoms with Crippen molar-refractivity contribution in [1.82, 2.24) is 0 Å². The maximum absolute atomic E-state index is 12.5. The second-order valence-electron chi connectivity index (χ2n) is 41.1. The number of benzene rings is 6. The predicted octanol–water partition coefficient (Wildman–Crippen LogP) is 28.7. The van der Waals surface area contributed by atoms with E-state index in [1.54, 1.807) is 41.5 Å². The molecule has 24 heteroatoms. The summed E-state index contributed by atoms with van der Waals surface area (Å²) in [6, 6.07) is 60.9. The normalized spacial score (nSPS) is 17.2. The lowest BCUT2D eigenvalue weighted by Crippen LogP contribution is -2.38. The van der Waals surface area contributed by atoms with E-state index in [2.05, 4.69) is 29.0 Å². The molecule has 1 saturated heterocycles. The SMILES string of the molecule is CCC(C)(C#N)C(=O)OC(C)c1ccccc1.CCC(C)(C(=O)OC)C(=O)OC(C)c1ccccc1.CCC(C)(C)C(=O)OC(C)c1ccccc1.CCC(C)(C)C(=O)OC(c1ccccc1)C1CCCCC1.CCC(C)(C)C(=O)OCCOC1COC2(CCCCC2)O1.CCC(C)C(=O)OC(C)c1ccccc1.CCC(C)C(=O)OC(c1ccccc1)C1CCCCC1.CCOC(C)OCCOC(=O)C(C)(C)CC. The van der Waals surface area contributed by atoms with Crippen LogP contribution in [0.4, 0.5) is 0 Å². The molecule has 808 valence electrons. The van der Waals surface area contributed by atoms with E-state index in [9.17, 15) is 43.2 Å². The van der Waals surface area contributed by atoms with Crippen LogP contribution in [0.15, 0.2) is 182 Å². The zero-order valence-electron chi connectivity index (χ0n) is 93.1. The Bertz CT molecular complexity index is 4660. The number of ether oxygens (including phenoxy) is 14. The molecule has 3 saturated carbocycles. The van der Waals surface area contributed by atoms with E-state index in [1.165, 1.54) is 77.7 Å². The predicted molar refractivity (Wildman–Crippen MR) is 569 cm³/mol. The summed E-state index contributed by atoms with van der Waals surface area (Å²) in [5.74, 6) is -1.79. The average molecular weight is 2020 g/mol. The quantitative estimate of drug-likeness (QED) is 0.0113. The third-order valence-corrected chi connectivity index (χ3v) is 28.2. The van der Waals surface area contributed by atoms with Crippen molar-refractivity contribution in [3.05, 3.63) is 215 Å². The van der Waals surface area contributed by atoms with Gasteiger partial charge in [-0.3, -0.25) is 43.2 Å². The lowest BCUT2D eigenvalue weighted by Gasteiger charge is -2.33. The van der Waals surface area contributed by atoms with Crippen LogP contribution in [0.2, 0.25) is 0 Å². The van der Waals surface area contributed by atoms with Crippen LogP contribution in [0.1, 0.15) is 398 Å². The second kappa shape index (κ2) is 67.7. The van der Waals surface area contributed by atoms with Gasteiger partial charge < -0.3 is 66.3 Å². The van der Waals surface area contributed by atoms with Gasteiger partial charge in [-0.05, 0) is 234 Å². The largest absolute Gasteiger partial charge is 0.468 e. The second-order valence-corrected chi connectivity index (χ2v) is 41.1. The molecule has 4 fully saturated rings. The van der Waals surface area contributed by atoms with Crippen molar-refractivity contribution < 1.29 is 109 Å². The Hall–Kier alpha value is -10.2. The van der Waals surface area contributed by atoms with Crippen LogP contribution in [0.5, 0.6) is 0 Å². The van der Waals surface area contributed by atoms with Crippen molar-refractivity contribution in [1.29, 1.82) is 5.26 Å². The van der Waals surface area contributed by atoms with Gasteiger partial charge in [-0.15, -0.1) is 0 Å². The number of hydrogen-bond donors (Lipinski definition) is 0. The molecule has 12 unspecified atom stereocenters. The molecule has 6 aromatic rings. The van der Waals surface area contributed by atoms with Gasteiger partial charge in [-0.1, -0.05) is 296 Å². The highest BCUT2D eigenvalue weighted by Gasteiger charge is 2.45. The molecule has 3 aliphatic carbocycles. The Morgan fingerprint density at radius 1 is 0.359 bits per heavy atom. The van der Waals surface area contributed by atoms with Crippen LogP contribution >= 0.6 is 0 Å². The first-order valence-electron chi connectivity index (χ1n) is 53.3. The molecule has 0 amide bonds. The van der Waals surface area contributed by atoms with Crippen molar-refractivity contribution in [2.45, 2.75) is 383 Å². The van der Waals surface area contributed by atoms with Gasteiger partial charge in [0.05, 0.1) is 59.9 Å². The first kappa shape index (κ1) is 129. The summed E-state index contributed by atoms with van der Waals surface area (Å²) in [5, 5.41) is 8.99. The molecule has 6 aromatic carbocycles. The van der Waals surface area contributed by atoms with Crippen LogP contribution in [0.25, 0.3) is 0 Å². The van der Waals surface area contributed by atoms with Gasteiger partial charge in [0.1, 0.15) is 56.4 Å². The number of hydrogen-bond acceptors (Lipinski definition) is 24. The number of carbonyl (C=O) groups is 9. The number of esters is 9. The van der Waals surface area contributed by atoms with Gasteiger partial charge in [0, 0.05) is 31.3 Å². The average Bonchev–Trinajstić information content (AvgIpc) is 1.78. The molecule has 1 heterocycles. The number of methoxy groups -OCH3 is 1. The van der Waals surface area contributed by atoms with Gasteiger partial charge in [-0.25, -0.2) is 0 Å². The standard InChI is InChI=1S/C19H28O2.C18H26O2.C16H28O5.C15H20O4.C14H17NO2.C14H20O2.C13H18O2.C12H24O4/c1-4-19(2,3)18(20)21-17(15-11-7-5-8-12-15)16-13-9-6-10-14-16;1-3-14(2)18(19)20-17(15-10-6-4-7-11-15)16-12-8-5-9-13-16;1-4-15(2,3)14(17)19-11-10-18-13-12-20-16(21-13)8-6-5-7-9-16;1-5-15(3,13(16)18-4)14(17)19-11(2)12-9-7-6-8-10-12;1-4-14(3,10-15)13(16)17-11(2)12-8-6-5-7-9-12;1-5-14(3,4)13(15)16-11(2)12-9-7-6-8-10-12;1-4-10(2)13(14)15-11(3)12-8-6-5-7-9-12;1-6-12(4,5)11(13)16-9-8-15-10(3)14-7-2/h5,7-8,11-12,16-17H,4,6,9-10,13-14H2,1-3H3;4,6-7,10-11,14,16-17H,3,5,8-9,12-13H2,1-2H3;13H,4-12H2,1-3H3;6-11H,5H2,1-4H3;5-9,11H,4H2,1-3H3;6-11H,5H2,1-4H3;5-11H,4H2,1-3H3;10H,6-9H2,1-5H3. The number of carbonyl (C=O) groups excluding carboxylic acids is 9. The fourth-order valence-corrected chi connectivity index (χ4v) is 15.0. The molecule has 24 nitrogen and oxygen atoms in total.